The highest BCUT2D eigenvalue weighted by Gasteiger charge is 2.27. The second-order valence-electron chi connectivity index (χ2n) is 7.54. The highest BCUT2D eigenvalue weighted by atomic mass is 19.1. The number of amides is 2. The van der Waals surface area contributed by atoms with Crippen molar-refractivity contribution in [1.29, 1.82) is 0 Å². The lowest BCUT2D eigenvalue weighted by Crippen LogP contribution is -2.47. The number of rotatable bonds is 5. The van der Waals surface area contributed by atoms with Crippen molar-refractivity contribution in [2.24, 2.45) is 0 Å². The largest absolute Gasteiger partial charge is 0.480 e. The lowest BCUT2D eigenvalue weighted by atomic mass is 9.89. The molecule has 0 bridgehead atoms. The van der Waals surface area contributed by atoms with Crippen molar-refractivity contribution in [3.8, 4) is 0 Å². The summed E-state index contributed by atoms with van der Waals surface area (Å²) in [7, 11) is 0. The molecule has 3 rings (SSSR count). The maximum Gasteiger partial charge on any atom is 0.317 e. The number of anilines is 1. The SMILES string of the molecule is CCC.O=C(O)CN1CCC(c2ccc(NC3CCC(=O)NC3=O)cc2F)CC1. The molecule has 7 nitrogen and oxygen atoms in total. The average Bonchev–Trinajstić information content (AvgIpc) is 2.65. The summed E-state index contributed by atoms with van der Waals surface area (Å²) in [6, 6.07) is 4.30. The van der Waals surface area contributed by atoms with Crippen LogP contribution in [0, 0.1) is 5.82 Å². The summed E-state index contributed by atoms with van der Waals surface area (Å²) in [6.07, 6.45) is 3.32. The van der Waals surface area contributed by atoms with E-state index in [9.17, 15) is 18.8 Å². The molecule has 0 aromatic heterocycles. The minimum absolute atomic E-state index is 0.0179. The smallest absolute Gasteiger partial charge is 0.317 e. The normalized spacial score (nSPS) is 20.4. The van der Waals surface area contributed by atoms with Gasteiger partial charge in [-0.25, -0.2) is 4.39 Å². The second-order valence-corrected chi connectivity index (χ2v) is 7.54. The van der Waals surface area contributed by atoms with E-state index in [1.165, 1.54) is 12.5 Å². The van der Waals surface area contributed by atoms with Gasteiger partial charge in [-0.2, -0.15) is 0 Å². The number of nitrogens with zero attached hydrogens (tertiary/aromatic N) is 1. The maximum atomic E-state index is 14.6. The van der Waals surface area contributed by atoms with Crippen LogP contribution in [0.1, 0.15) is 57.4 Å². The topological polar surface area (TPSA) is 98.7 Å². The standard InChI is InChI=1S/C18H22FN3O4.C3H8/c19-14-9-12(20-15-3-4-16(23)21-18(15)26)1-2-13(14)11-5-7-22(8-6-11)10-17(24)25;1-3-2/h1-2,9,11,15,20H,3-8,10H2,(H,24,25)(H,21,23,26);3H2,1-2H3. The van der Waals surface area contributed by atoms with Crippen molar-refractivity contribution in [3.63, 3.8) is 0 Å². The van der Waals surface area contributed by atoms with Crippen LogP contribution in [0.2, 0.25) is 0 Å². The van der Waals surface area contributed by atoms with Crippen LogP contribution in [0.25, 0.3) is 0 Å². The third-order valence-corrected chi connectivity index (χ3v) is 4.97. The van der Waals surface area contributed by atoms with E-state index in [4.69, 9.17) is 5.11 Å². The average molecular weight is 407 g/mol. The third-order valence-electron chi connectivity index (χ3n) is 4.97. The number of nitrogens with one attached hydrogen (secondary N) is 2. The summed E-state index contributed by atoms with van der Waals surface area (Å²) in [5.74, 6) is -1.80. The monoisotopic (exact) mass is 407 g/mol. The fraction of sp³-hybridized carbons (Fsp3) is 0.571. The molecule has 2 aliphatic rings. The van der Waals surface area contributed by atoms with E-state index in [0.29, 0.717) is 43.6 Å². The summed E-state index contributed by atoms with van der Waals surface area (Å²) in [4.78, 5) is 35.6. The number of carboxylic acid groups (broad SMARTS) is 1. The number of likely N-dealkylation sites (tertiary alicyclic amines) is 1. The van der Waals surface area contributed by atoms with Crippen molar-refractivity contribution in [2.75, 3.05) is 25.0 Å². The number of carbonyl (C=O) groups is 3. The molecular weight excluding hydrogens is 377 g/mol. The Morgan fingerprint density at radius 1 is 1.24 bits per heavy atom. The van der Waals surface area contributed by atoms with Gasteiger partial charge in [0.05, 0.1) is 6.54 Å². The molecule has 2 amide bonds. The molecule has 1 aromatic rings. The fourth-order valence-electron chi connectivity index (χ4n) is 3.57. The van der Waals surface area contributed by atoms with Gasteiger partial charge in [0.2, 0.25) is 11.8 Å². The predicted octanol–water partition coefficient (Wildman–Crippen LogP) is 2.72. The molecule has 2 fully saturated rings. The van der Waals surface area contributed by atoms with Gasteiger partial charge in [-0.05, 0) is 56.0 Å². The number of benzene rings is 1. The zero-order chi connectivity index (χ0) is 21.4. The van der Waals surface area contributed by atoms with Crippen LogP contribution in [-0.4, -0.2) is 53.5 Å². The van der Waals surface area contributed by atoms with Gasteiger partial charge in [0, 0.05) is 12.1 Å². The Hall–Kier alpha value is -2.48. The number of imide groups is 1. The Balaban J connectivity index is 0.000000941. The molecule has 160 valence electrons. The van der Waals surface area contributed by atoms with Gasteiger partial charge in [-0.1, -0.05) is 26.3 Å². The molecule has 2 aliphatic heterocycles. The van der Waals surface area contributed by atoms with Crippen LogP contribution in [0.5, 0.6) is 0 Å². The summed E-state index contributed by atoms with van der Waals surface area (Å²) < 4.78 is 14.6. The van der Waals surface area contributed by atoms with Crippen molar-refractivity contribution in [3.05, 3.63) is 29.6 Å². The highest BCUT2D eigenvalue weighted by molar-refractivity contribution is 6.01. The quantitative estimate of drug-likeness (QED) is 0.649. The molecule has 2 heterocycles. The molecule has 2 saturated heterocycles. The van der Waals surface area contributed by atoms with Gasteiger partial charge in [0.15, 0.2) is 0 Å². The molecule has 8 heteroatoms. The van der Waals surface area contributed by atoms with Crippen molar-refractivity contribution in [2.45, 2.75) is 57.9 Å². The van der Waals surface area contributed by atoms with Crippen molar-refractivity contribution < 1.29 is 23.9 Å². The van der Waals surface area contributed by atoms with Gasteiger partial charge in [-0.15, -0.1) is 0 Å². The van der Waals surface area contributed by atoms with Crippen LogP contribution in [0.4, 0.5) is 10.1 Å². The number of piperidine rings is 2. The second kappa shape index (κ2) is 10.9. The van der Waals surface area contributed by atoms with Gasteiger partial charge in [0.25, 0.3) is 0 Å². The number of halogens is 1. The van der Waals surface area contributed by atoms with Crippen LogP contribution in [0.15, 0.2) is 18.2 Å². The van der Waals surface area contributed by atoms with Gasteiger partial charge in [-0.3, -0.25) is 24.6 Å². The third kappa shape index (κ3) is 6.81. The zero-order valence-corrected chi connectivity index (χ0v) is 17.0. The van der Waals surface area contributed by atoms with E-state index in [0.717, 1.165) is 0 Å². The lowest BCUT2D eigenvalue weighted by Gasteiger charge is -2.31. The molecular formula is C21H30FN3O4. The molecule has 1 unspecified atom stereocenters. The van der Waals surface area contributed by atoms with Crippen molar-refractivity contribution >= 4 is 23.5 Å². The first-order valence-corrected chi connectivity index (χ1v) is 10.2. The van der Waals surface area contributed by atoms with E-state index in [1.54, 1.807) is 12.1 Å². The summed E-state index contributed by atoms with van der Waals surface area (Å²) in [6.45, 7) is 5.53. The molecule has 0 saturated carbocycles. The molecule has 0 aliphatic carbocycles. The molecule has 29 heavy (non-hydrogen) atoms. The van der Waals surface area contributed by atoms with Gasteiger partial charge < -0.3 is 10.4 Å². The lowest BCUT2D eigenvalue weighted by molar-refractivity contribution is -0.138. The molecule has 0 spiro atoms. The van der Waals surface area contributed by atoms with Crippen molar-refractivity contribution in [1.82, 2.24) is 10.2 Å². The predicted molar refractivity (Wildman–Crippen MR) is 108 cm³/mol. The minimum atomic E-state index is -0.849. The molecule has 1 atom stereocenters. The highest BCUT2D eigenvalue weighted by Crippen LogP contribution is 2.31. The zero-order valence-electron chi connectivity index (χ0n) is 17.0. The Kier molecular flexibility index (Phi) is 8.57. The Bertz CT molecular complexity index is 733. The minimum Gasteiger partial charge on any atom is -0.480 e. The van der Waals surface area contributed by atoms with Crippen LogP contribution < -0.4 is 10.6 Å². The first-order valence-electron chi connectivity index (χ1n) is 10.2. The van der Waals surface area contributed by atoms with Gasteiger partial charge >= 0.3 is 5.97 Å². The fourth-order valence-corrected chi connectivity index (χ4v) is 3.57. The molecule has 3 N–H and O–H groups in total. The Labute approximate surface area is 170 Å². The molecule has 1 aromatic carbocycles. The first kappa shape index (κ1) is 22.8. The van der Waals surface area contributed by atoms with Crippen LogP contribution in [-0.2, 0) is 14.4 Å². The number of carbonyl (C=O) groups excluding carboxylic acids is 2. The summed E-state index contributed by atoms with van der Waals surface area (Å²) >= 11 is 0. The number of hydrogen-bond donors (Lipinski definition) is 3. The first-order chi connectivity index (χ1) is 13.8. The van der Waals surface area contributed by atoms with Crippen LogP contribution >= 0.6 is 0 Å². The number of aliphatic carboxylic acids is 1. The van der Waals surface area contributed by atoms with E-state index in [-0.39, 0.29) is 30.6 Å². The van der Waals surface area contributed by atoms with E-state index < -0.39 is 17.9 Å². The van der Waals surface area contributed by atoms with E-state index in [2.05, 4.69) is 24.5 Å². The maximum absolute atomic E-state index is 14.6. The Morgan fingerprint density at radius 3 is 2.45 bits per heavy atom. The number of carboxylic acids is 1. The van der Waals surface area contributed by atoms with E-state index in [1.807, 2.05) is 4.90 Å². The van der Waals surface area contributed by atoms with Gasteiger partial charge in [0.1, 0.15) is 11.9 Å². The van der Waals surface area contributed by atoms with E-state index >= 15 is 0 Å². The Morgan fingerprint density at radius 2 is 1.90 bits per heavy atom. The van der Waals surface area contributed by atoms with Crippen LogP contribution in [0.3, 0.4) is 0 Å². The summed E-state index contributed by atoms with van der Waals surface area (Å²) in [5.41, 5.74) is 1.12. The molecule has 0 radical (unpaired) electrons. The number of hydrogen-bond acceptors (Lipinski definition) is 5. The summed E-state index contributed by atoms with van der Waals surface area (Å²) in [5, 5.41) is 14.1.